The minimum absolute atomic E-state index is 0.107. The van der Waals surface area contributed by atoms with Gasteiger partial charge in [-0.05, 0) is 39.8 Å². The van der Waals surface area contributed by atoms with E-state index < -0.39 is 5.60 Å². The smallest absolute Gasteiger partial charge is 0.271 e. The third kappa shape index (κ3) is 2.20. The summed E-state index contributed by atoms with van der Waals surface area (Å²) in [7, 11) is 0. The summed E-state index contributed by atoms with van der Waals surface area (Å²) in [6.45, 7) is 7.61. The number of aromatic nitrogens is 1. The van der Waals surface area contributed by atoms with Gasteiger partial charge in [0.1, 0.15) is 11.5 Å². The number of amides is 1. The van der Waals surface area contributed by atoms with Crippen LogP contribution in [-0.2, 0) is 11.3 Å². The zero-order valence-electron chi connectivity index (χ0n) is 13.1. The second-order valence-electron chi connectivity index (χ2n) is 6.03. The van der Waals surface area contributed by atoms with Crippen molar-refractivity contribution >= 4 is 17.3 Å². The summed E-state index contributed by atoms with van der Waals surface area (Å²) in [5, 5.41) is 3.95. The number of hydrogen-bond acceptors (Lipinski definition) is 5. The molecule has 116 valence electrons. The first-order valence-electron chi connectivity index (χ1n) is 7.12. The number of nitrogens with two attached hydrogens (primary N) is 1. The Hall–Kier alpha value is -2.50. The van der Waals surface area contributed by atoms with E-state index in [0.717, 1.165) is 11.3 Å². The second kappa shape index (κ2) is 4.76. The Bertz CT molecular complexity index is 730. The summed E-state index contributed by atoms with van der Waals surface area (Å²) < 4.78 is 11.0. The Morgan fingerprint density at radius 2 is 2.05 bits per heavy atom. The van der Waals surface area contributed by atoms with Crippen molar-refractivity contribution in [2.24, 2.45) is 0 Å². The lowest BCUT2D eigenvalue weighted by molar-refractivity contribution is -0.132. The molecule has 0 saturated heterocycles. The SMILES string of the molecule is Cc1noc(C)c1CN1C(=O)C(C)(C)Oc2cc(N)ccc21. The van der Waals surface area contributed by atoms with Gasteiger partial charge < -0.3 is 19.9 Å². The van der Waals surface area contributed by atoms with Crippen LogP contribution in [0.1, 0.15) is 30.9 Å². The highest BCUT2D eigenvalue weighted by Gasteiger charge is 2.41. The number of anilines is 2. The standard InChI is InChI=1S/C16H19N3O3/c1-9-12(10(2)22-18-9)8-19-13-6-5-11(17)7-14(13)21-16(3,4)15(19)20/h5-7H,8,17H2,1-4H3. The summed E-state index contributed by atoms with van der Waals surface area (Å²) in [6.07, 6.45) is 0. The van der Waals surface area contributed by atoms with Gasteiger partial charge in [-0.3, -0.25) is 4.79 Å². The fourth-order valence-corrected chi connectivity index (χ4v) is 2.63. The van der Waals surface area contributed by atoms with Crippen LogP contribution < -0.4 is 15.4 Å². The molecule has 3 rings (SSSR count). The van der Waals surface area contributed by atoms with E-state index in [1.165, 1.54) is 0 Å². The molecule has 1 aliphatic heterocycles. The predicted octanol–water partition coefficient (Wildman–Crippen LogP) is 2.58. The van der Waals surface area contributed by atoms with Gasteiger partial charge in [-0.15, -0.1) is 0 Å². The molecule has 1 aromatic heterocycles. The van der Waals surface area contributed by atoms with Crippen molar-refractivity contribution in [3.05, 3.63) is 35.2 Å². The van der Waals surface area contributed by atoms with Gasteiger partial charge in [0.15, 0.2) is 5.60 Å². The monoisotopic (exact) mass is 301 g/mol. The van der Waals surface area contributed by atoms with Gasteiger partial charge in [-0.1, -0.05) is 5.16 Å². The van der Waals surface area contributed by atoms with Crippen LogP contribution in [0.2, 0.25) is 0 Å². The highest BCUT2D eigenvalue weighted by atomic mass is 16.5. The molecule has 0 fully saturated rings. The van der Waals surface area contributed by atoms with Gasteiger partial charge in [-0.2, -0.15) is 0 Å². The Balaban J connectivity index is 2.08. The van der Waals surface area contributed by atoms with E-state index in [0.29, 0.717) is 29.4 Å². The number of nitrogens with zero attached hydrogens (tertiary/aromatic N) is 2. The van der Waals surface area contributed by atoms with Crippen LogP contribution in [0.4, 0.5) is 11.4 Å². The number of aryl methyl sites for hydroxylation is 2. The highest BCUT2D eigenvalue weighted by Crippen LogP contribution is 2.40. The number of carbonyl (C=O) groups is 1. The molecule has 0 aliphatic carbocycles. The van der Waals surface area contributed by atoms with Crippen LogP contribution in [-0.4, -0.2) is 16.7 Å². The number of rotatable bonds is 2. The molecule has 1 aromatic carbocycles. The van der Waals surface area contributed by atoms with Crippen molar-refractivity contribution in [1.29, 1.82) is 0 Å². The molecule has 2 N–H and O–H groups in total. The summed E-state index contributed by atoms with van der Waals surface area (Å²) in [4.78, 5) is 14.5. The molecule has 6 nitrogen and oxygen atoms in total. The van der Waals surface area contributed by atoms with Gasteiger partial charge in [0.25, 0.3) is 5.91 Å². The summed E-state index contributed by atoms with van der Waals surface area (Å²) in [5.41, 5.74) is 7.88. The Morgan fingerprint density at radius 3 is 2.68 bits per heavy atom. The molecule has 1 aliphatic rings. The topological polar surface area (TPSA) is 81.6 Å². The fraction of sp³-hybridized carbons (Fsp3) is 0.375. The van der Waals surface area contributed by atoms with E-state index in [1.54, 1.807) is 36.9 Å². The predicted molar refractivity (Wildman–Crippen MR) is 82.7 cm³/mol. The van der Waals surface area contributed by atoms with E-state index in [9.17, 15) is 4.79 Å². The van der Waals surface area contributed by atoms with Crippen LogP contribution in [0.15, 0.2) is 22.7 Å². The normalized spacial score (nSPS) is 16.4. The van der Waals surface area contributed by atoms with Gasteiger partial charge in [0, 0.05) is 17.3 Å². The van der Waals surface area contributed by atoms with Crippen molar-refractivity contribution in [2.45, 2.75) is 39.8 Å². The van der Waals surface area contributed by atoms with E-state index in [4.69, 9.17) is 15.0 Å². The maximum absolute atomic E-state index is 12.8. The van der Waals surface area contributed by atoms with Crippen LogP contribution in [0.3, 0.4) is 0 Å². The summed E-state index contributed by atoms with van der Waals surface area (Å²) >= 11 is 0. The molecule has 22 heavy (non-hydrogen) atoms. The lowest BCUT2D eigenvalue weighted by Crippen LogP contribution is -2.52. The van der Waals surface area contributed by atoms with Crippen LogP contribution in [0, 0.1) is 13.8 Å². The number of carbonyl (C=O) groups excluding carboxylic acids is 1. The molecule has 0 unspecified atom stereocenters. The average molecular weight is 301 g/mol. The van der Waals surface area contributed by atoms with E-state index in [-0.39, 0.29) is 5.91 Å². The second-order valence-corrected chi connectivity index (χ2v) is 6.03. The van der Waals surface area contributed by atoms with Gasteiger partial charge in [0.05, 0.1) is 17.9 Å². The van der Waals surface area contributed by atoms with Crippen molar-refractivity contribution in [1.82, 2.24) is 5.16 Å². The number of fused-ring (bicyclic) bond motifs is 1. The molecule has 6 heteroatoms. The van der Waals surface area contributed by atoms with Gasteiger partial charge in [0.2, 0.25) is 0 Å². The maximum Gasteiger partial charge on any atom is 0.271 e. The first-order chi connectivity index (χ1) is 10.3. The third-order valence-corrected chi connectivity index (χ3v) is 3.90. The van der Waals surface area contributed by atoms with Crippen LogP contribution in [0.5, 0.6) is 5.75 Å². The van der Waals surface area contributed by atoms with Crippen molar-refractivity contribution < 1.29 is 14.1 Å². The average Bonchev–Trinajstić information content (AvgIpc) is 2.74. The zero-order chi connectivity index (χ0) is 16.1. The lowest BCUT2D eigenvalue weighted by Gasteiger charge is -2.38. The van der Waals surface area contributed by atoms with Crippen LogP contribution in [0.25, 0.3) is 0 Å². The minimum atomic E-state index is -0.945. The first-order valence-corrected chi connectivity index (χ1v) is 7.12. The first kappa shape index (κ1) is 14.4. The van der Waals surface area contributed by atoms with E-state index in [2.05, 4.69) is 5.16 Å². The Labute approximate surface area is 128 Å². The quantitative estimate of drug-likeness (QED) is 0.862. The molecule has 2 aromatic rings. The minimum Gasteiger partial charge on any atom is -0.476 e. The molecule has 0 atom stereocenters. The number of ether oxygens (including phenoxy) is 1. The molecular weight excluding hydrogens is 282 g/mol. The maximum atomic E-state index is 12.8. The number of hydrogen-bond donors (Lipinski definition) is 1. The Kier molecular flexibility index (Phi) is 3.12. The van der Waals surface area contributed by atoms with E-state index >= 15 is 0 Å². The number of benzene rings is 1. The van der Waals surface area contributed by atoms with E-state index in [1.807, 2.05) is 13.8 Å². The molecule has 0 radical (unpaired) electrons. The largest absolute Gasteiger partial charge is 0.476 e. The van der Waals surface area contributed by atoms with Crippen molar-refractivity contribution in [3.8, 4) is 5.75 Å². The molecular formula is C16H19N3O3. The molecule has 2 heterocycles. The Morgan fingerprint density at radius 1 is 1.32 bits per heavy atom. The van der Waals surface area contributed by atoms with Gasteiger partial charge in [-0.25, -0.2) is 0 Å². The summed E-state index contributed by atoms with van der Waals surface area (Å²) in [6, 6.07) is 5.30. The number of nitrogen functional groups attached to an aromatic ring is 1. The zero-order valence-corrected chi connectivity index (χ0v) is 13.1. The molecule has 1 amide bonds. The van der Waals surface area contributed by atoms with Crippen LogP contribution >= 0.6 is 0 Å². The summed E-state index contributed by atoms with van der Waals surface area (Å²) in [5.74, 6) is 1.22. The van der Waals surface area contributed by atoms with Crippen molar-refractivity contribution in [2.75, 3.05) is 10.6 Å². The van der Waals surface area contributed by atoms with Crippen molar-refractivity contribution in [3.63, 3.8) is 0 Å². The molecule has 0 saturated carbocycles. The highest BCUT2D eigenvalue weighted by molar-refractivity contribution is 6.02. The third-order valence-electron chi connectivity index (χ3n) is 3.90. The molecule has 0 spiro atoms. The molecule has 0 bridgehead atoms. The van der Waals surface area contributed by atoms with Gasteiger partial charge >= 0.3 is 0 Å². The fourth-order valence-electron chi connectivity index (χ4n) is 2.63. The lowest BCUT2D eigenvalue weighted by atomic mass is 10.0.